The highest BCUT2D eigenvalue weighted by Crippen LogP contribution is 2.19. The van der Waals surface area contributed by atoms with Crippen LogP contribution in [0.25, 0.3) is 11.8 Å². The first kappa shape index (κ1) is 15.1. The molecule has 0 amide bonds. The van der Waals surface area contributed by atoms with Crippen LogP contribution in [0.1, 0.15) is 16.7 Å². The standard InChI is InChI=1S/C20H15N3O2/c1-14-7-9-16(10-8-14)19-22-18(20(24)25-19)11-15-12-21-23(13-15)17-5-3-2-4-6-17/h2-13H,1H3. The molecule has 25 heavy (non-hydrogen) atoms. The normalized spacial score (nSPS) is 15.3. The summed E-state index contributed by atoms with van der Waals surface area (Å²) in [5.74, 6) is -0.130. The molecule has 0 radical (unpaired) electrons. The van der Waals surface area contributed by atoms with Gasteiger partial charge in [-0.15, -0.1) is 0 Å². The number of rotatable bonds is 3. The molecule has 5 heteroatoms. The van der Waals surface area contributed by atoms with Crippen LogP contribution < -0.4 is 0 Å². The number of aliphatic imine (C=N–C) groups is 1. The van der Waals surface area contributed by atoms with Gasteiger partial charge >= 0.3 is 5.97 Å². The average Bonchev–Trinajstić information content (AvgIpc) is 3.24. The van der Waals surface area contributed by atoms with Gasteiger partial charge in [-0.3, -0.25) is 0 Å². The van der Waals surface area contributed by atoms with E-state index in [0.29, 0.717) is 5.90 Å². The summed E-state index contributed by atoms with van der Waals surface area (Å²) in [7, 11) is 0. The van der Waals surface area contributed by atoms with E-state index in [4.69, 9.17) is 4.74 Å². The van der Waals surface area contributed by atoms with Gasteiger partial charge in [-0.25, -0.2) is 14.5 Å². The maximum atomic E-state index is 12.1. The summed E-state index contributed by atoms with van der Waals surface area (Å²) < 4.78 is 7.03. The predicted octanol–water partition coefficient (Wildman–Crippen LogP) is 3.53. The first-order valence-corrected chi connectivity index (χ1v) is 7.89. The lowest BCUT2D eigenvalue weighted by Gasteiger charge is -1.99. The molecule has 0 fully saturated rings. The predicted molar refractivity (Wildman–Crippen MR) is 95.3 cm³/mol. The number of carbonyl (C=O) groups is 1. The summed E-state index contributed by atoms with van der Waals surface area (Å²) in [5, 5.41) is 4.31. The van der Waals surface area contributed by atoms with Crippen molar-refractivity contribution < 1.29 is 9.53 Å². The number of cyclic esters (lactones) is 1. The Morgan fingerprint density at radius 1 is 1.04 bits per heavy atom. The topological polar surface area (TPSA) is 56.5 Å². The summed E-state index contributed by atoms with van der Waals surface area (Å²) in [6.07, 6.45) is 5.21. The number of hydrogen-bond donors (Lipinski definition) is 0. The monoisotopic (exact) mass is 329 g/mol. The van der Waals surface area contributed by atoms with Gasteiger partial charge in [-0.05, 0) is 37.3 Å². The molecule has 0 bridgehead atoms. The summed E-state index contributed by atoms with van der Waals surface area (Å²) in [5.41, 5.74) is 3.91. The second-order valence-corrected chi connectivity index (χ2v) is 5.76. The van der Waals surface area contributed by atoms with Crippen molar-refractivity contribution >= 4 is 17.9 Å². The fraction of sp³-hybridized carbons (Fsp3) is 0.0500. The lowest BCUT2D eigenvalue weighted by Crippen LogP contribution is -2.05. The summed E-state index contributed by atoms with van der Waals surface area (Å²) in [6, 6.07) is 17.4. The number of benzene rings is 2. The van der Waals surface area contributed by atoms with Gasteiger partial charge in [-0.1, -0.05) is 35.9 Å². The molecule has 122 valence electrons. The molecule has 0 N–H and O–H groups in total. The molecule has 2 heterocycles. The molecular weight excluding hydrogens is 314 g/mol. The zero-order valence-corrected chi connectivity index (χ0v) is 13.6. The number of esters is 1. The van der Waals surface area contributed by atoms with Gasteiger partial charge in [0.25, 0.3) is 0 Å². The molecule has 0 atom stereocenters. The van der Waals surface area contributed by atoms with Crippen molar-refractivity contribution in [3.8, 4) is 5.69 Å². The summed E-state index contributed by atoms with van der Waals surface area (Å²) >= 11 is 0. The van der Waals surface area contributed by atoms with Crippen LogP contribution in [0.3, 0.4) is 0 Å². The van der Waals surface area contributed by atoms with Gasteiger partial charge in [0.15, 0.2) is 5.70 Å². The van der Waals surface area contributed by atoms with Gasteiger partial charge < -0.3 is 4.74 Å². The van der Waals surface area contributed by atoms with E-state index in [1.165, 1.54) is 0 Å². The number of ether oxygens (including phenoxy) is 1. The van der Waals surface area contributed by atoms with Crippen molar-refractivity contribution in [3.05, 3.63) is 89.4 Å². The lowest BCUT2D eigenvalue weighted by molar-refractivity contribution is -0.129. The molecule has 1 aliphatic heterocycles. The van der Waals surface area contributed by atoms with Gasteiger partial charge in [-0.2, -0.15) is 5.10 Å². The number of para-hydroxylation sites is 1. The first-order chi connectivity index (χ1) is 12.2. The summed E-state index contributed by atoms with van der Waals surface area (Å²) in [4.78, 5) is 16.4. The molecule has 0 spiro atoms. The Morgan fingerprint density at radius 3 is 2.56 bits per heavy atom. The minimum atomic E-state index is -0.456. The Hall–Kier alpha value is -3.47. The molecule has 3 aromatic rings. The van der Waals surface area contributed by atoms with Gasteiger partial charge in [0.05, 0.1) is 11.9 Å². The van der Waals surface area contributed by atoms with Crippen molar-refractivity contribution in [1.82, 2.24) is 9.78 Å². The van der Waals surface area contributed by atoms with Crippen LogP contribution in [0.15, 0.2) is 77.7 Å². The SMILES string of the molecule is Cc1ccc(C2=NC(=Cc3cnn(-c4ccccc4)c3)C(=O)O2)cc1. The lowest BCUT2D eigenvalue weighted by atomic mass is 10.1. The van der Waals surface area contributed by atoms with E-state index in [1.807, 2.05) is 67.7 Å². The quantitative estimate of drug-likeness (QED) is 0.546. The molecule has 0 saturated carbocycles. The minimum Gasteiger partial charge on any atom is -0.402 e. The highest BCUT2D eigenvalue weighted by Gasteiger charge is 2.24. The van der Waals surface area contributed by atoms with Crippen LogP contribution in [0.4, 0.5) is 0 Å². The van der Waals surface area contributed by atoms with Crippen LogP contribution in [0, 0.1) is 6.92 Å². The van der Waals surface area contributed by atoms with E-state index in [9.17, 15) is 4.79 Å². The number of aryl methyl sites for hydroxylation is 1. The zero-order valence-electron chi connectivity index (χ0n) is 13.6. The van der Waals surface area contributed by atoms with E-state index >= 15 is 0 Å². The van der Waals surface area contributed by atoms with E-state index < -0.39 is 5.97 Å². The third-order valence-corrected chi connectivity index (χ3v) is 3.85. The Balaban J connectivity index is 1.62. The molecule has 0 saturated heterocycles. The van der Waals surface area contributed by atoms with Crippen molar-refractivity contribution in [2.24, 2.45) is 4.99 Å². The summed E-state index contributed by atoms with van der Waals surface area (Å²) in [6.45, 7) is 2.00. The zero-order chi connectivity index (χ0) is 17.2. The molecule has 0 unspecified atom stereocenters. The molecule has 1 aromatic heterocycles. The Bertz CT molecular complexity index is 983. The highest BCUT2D eigenvalue weighted by molar-refractivity contribution is 6.12. The van der Waals surface area contributed by atoms with Crippen LogP contribution >= 0.6 is 0 Å². The molecular formula is C20H15N3O2. The van der Waals surface area contributed by atoms with Crippen molar-refractivity contribution in [1.29, 1.82) is 0 Å². The van der Waals surface area contributed by atoms with Crippen molar-refractivity contribution in [2.45, 2.75) is 6.92 Å². The third kappa shape index (κ3) is 3.12. The smallest absolute Gasteiger partial charge is 0.363 e. The molecule has 1 aliphatic rings. The Morgan fingerprint density at radius 2 is 1.80 bits per heavy atom. The second kappa shape index (κ2) is 6.20. The van der Waals surface area contributed by atoms with Crippen LogP contribution in [0.2, 0.25) is 0 Å². The maximum absolute atomic E-state index is 12.1. The van der Waals surface area contributed by atoms with Crippen LogP contribution in [0.5, 0.6) is 0 Å². The molecule has 0 aliphatic carbocycles. The van der Waals surface area contributed by atoms with E-state index in [2.05, 4.69) is 10.1 Å². The number of nitrogens with zero attached hydrogens (tertiary/aromatic N) is 3. The largest absolute Gasteiger partial charge is 0.402 e. The van der Waals surface area contributed by atoms with Crippen molar-refractivity contribution in [3.63, 3.8) is 0 Å². The van der Waals surface area contributed by atoms with E-state index in [1.54, 1.807) is 17.0 Å². The van der Waals surface area contributed by atoms with Crippen LogP contribution in [-0.4, -0.2) is 21.6 Å². The Kier molecular flexibility index (Phi) is 3.74. The fourth-order valence-electron chi connectivity index (χ4n) is 2.52. The van der Waals surface area contributed by atoms with E-state index in [0.717, 1.165) is 22.4 Å². The number of aromatic nitrogens is 2. The fourth-order valence-corrected chi connectivity index (χ4v) is 2.52. The van der Waals surface area contributed by atoms with Crippen molar-refractivity contribution in [2.75, 3.05) is 0 Å². The van der Waals surface area contributed by atoms with Gasteiger partial charge in [0, 0.05) is 17.3 Å². The minimum absolute atomic E-state index is 0.267. The van der Waals surface area contributed by atoms with Crippen LogP contribution in [-0.2, 0) is 9.53 Å². The average molecular weight is 329 g/mol. The molecule has 2 aromatic carbocycles. The van der Waals surface area contributed by atoms with E-state index in [-0.39, 0.29) is 5.70 Å². The number of hydrogen-bond acceptors (Lipinski definition) is 4. The second-order valence-electron chi connectivity index (χ2n) is 5.76. The van der Waals surface area contributed by atoms with Gasteiger partial charge in [0.2, 0.25) is 5.90 Å². The number of carbonyl (C=O) groups excluding carboxylic acids is 1. The maximum Gasteiger partial charge on any atom is 0.363 e. The first-order valence-electron chi connectivity index (χ1n) is 7.89. The highest BCUT2D eigenvalue weighted by atomic mass is 16.6. The Labute approximate surface area is 144 Å². The molecule has 5 nitrogen and oxygen atoms in total. The molecule has 4 rings (SSSR count). The third-order valence-electron chi connectivity index (χ3n) is 3.85. The van der Waals surface area contributed by atoms with Gasteiger partial charge in [0.1, 0.15) is 0 Å².